The number of halogens is 1. The Kier molecular flexibility index (Phi) is 7.31. The van der Waals surface area contributed by atoms with E-state index >= 15 is 0 Å². The summed E-state index contributed by atoms with van der Waals surface area (Å²) in [4.78, 5) is 19.8. The van der Waals surface area contributed by atoms with Gasteiger partial charge in [0.2, 0.25) is 5.82 Å². The number of para-hydroxylation sites is 1. The van der Waals surface area contributed by atoms with Crippen molar-refractivity contribution in [3.63, 3.8) is 0 Å². The van der Waals surface area contributed by atoms with Crippen LogP contribution in [0.3, 0.4) is 0 Å². The van der Waals surface area contributed by atoms with Crippen molar-refractivity contribution in [2.24, 2.45) is 0 Å². The molecule has 31 heavy (non-hydrogen) atoms. The molecule has 0 heterocycles. The van der Waals surface area contributed by atoms with Gasteiger partial charge in [-0.2, -0.15) is 14.9 Å². The van der Waals surface area contributed by atoms with E-state index in [0.29, 0.717) is 5.69 Å². The summed E-state index contributed by atoms with van der Waals surface area (Å²) >= 11 is 0. The molecule has 3 rings (SSSR count). The molecular weight excluding hydrogens is 405 g/mol. The second-order valence-corrected chi connectivity index (χ2v) is 6.07. The Labute approximate surface area is 175 Å². The van der Waals surface area contributed by atoms with Crippen molar-refractivity contribution >= 4 is 22.7 Å². The molecule has 10 heteroatoms. The number of aryl methyl sites for hydroxylation is 1. The van der Waals surface area contributed by atoms with E-state index in [1.807, 2.05) is 31.2 Å². The molecular formula is C21H14FN5O4. The molecule has 0 atom stereocenters. The van der Waals surface area contributed by atoms with Gasteiger partial charge in [-0.25, -0.2) is 0 Å². The van der Waals surface area contributed by atoms with Gasteiger partial charge in [-0.05, 0) is 36.8 Å². The number of nitrogens with zero attached hydrogens (tertiary/aromatic N) is 4. The van der Waals surface area contributed by atoms with Crippen LogP contribution in [0.5, 0.6) is 0 Å². The maximum absolute atomic E-state index is 12.9. The molecule has 3 aromatic rings. The number of hydrogen-bond donors (Lipinski definition) is 1. The molecule has 0 aliphatic carbocycles. The predicted octanol–water partition coefficient (Wildman–Crippen LogP) is 5.12. The molecule has 154 valence electrons. The molecule has 0 saturated carbocycles. The van der Waals surface area contributed by atoms with Crippen LogP contribution >= 0.6 is 0 Å². The fraction of sp³-hybridized carbons (Fsp3) is 0.0476. The first-order valence-corrected chi connectivity index (χ1v) is 8.62. The van der Waals surface area contributed by atoms with Crippen molar-refractivity contribution < 1.29 is 14.2 Å². The van der Waals surface area contributed by atoms with E-state index in [1.165, 1.54) is 30.3 Å². The number of nitriles is 2. The van der Waals surface area contributed by atoms with E-state index in [9.17, 15) is 24.6 Å². The fourth-order valence-electron chi connectivity index (χ4n) is 2.53. The lowest BCUT2D eigenvalue weighted by atomic mass is 10.1. The second-order valence-electron chi connectivity index (χ2n) is 6.07. The molecule has 0 radical (unpaired) electrons. The summed E-state index contributed by atoms with van der Waals surface area (Å²) in [6, 6.07) is 18.8. The van der Waals surface area contributed by atoms with E-state index in [2.05, 4.69) is 5.32 Å². The number of benzene rings is 3. The minimum Gasteiger partial charge on any atom is -0.349 e. The second kappa shape index (κ2) is 10.1. The van der Waals surface area contributed by atoms with Gasteiger partial charge in [-0.3, -0.25) is 20.2 Å². The zero-order chi connectivity index (χ0) is 23.0. The standard InChI is InChI=1S/C14H11N3O2.C7H3FN2O2/c1-10-4-2-6-12(8-10)16-14-11(9-15)5-3-7-13(14)17(18)19;8-7-5(4-9)2-1-3-6(7)10(11)12/h2-8,16H,1H3;1-3H. The van der Waals surface area contributed by atoms with Gasteiger partial charge in [0, 0.05) is 17.8 Å². The maximum Gasteiger partial charge on any atom is 0.306 e. The summed E-state index contributed by atoms with van der Waals surface area (Å²) in [5.41, 5.74) is 1.11. The van der Waals surface area contributed by atoms with Crippen molar-refractivity contribution in [1.29, 1.82) is 10.5 Å². The lowest BCUT2D eigenvalue weighted by Gasteiger charge is -2.09. The quantitative estimate of drug-likeness (QED) is 0.456. The Hall–Kier alpha value is -4.83. The van der Waals surface area contributed by atoms with Crippen molar-refractivity contribution in [2.45, 2.75) is 6.92 Å². The van der Waals surface area contributed by atoms with Crippen LogP contribution in [0, 0.1) is 55.6 Å². The van der Waals surface area contributed by atoms with Crippen LogP contribution in [0.25, 0.3) is 0 Å². The summed E-state index contributed by atoms with van der Waals surface area (Å²) in [6.45, 7) is 1.93. The summed E-state index contributed by atoms with van der Waals surface area (Å²) in [6.07, 6.45) is 0. The minimum atomic E-state index is -1.08. The van der Waals surface area contributed by atoms with Gasteiger partial charge in [0.1, 0.15) is 17.8 Å². The predicted molar refractivity (Wildman–Crippen MR) is 110 cm³/mol. The van der Waals surface area contributed by atoms with Crippen molar-refractivity contribution in [2.75, 3.05) is 5.32 Å². The largest absolute Gasteiger partial charge is 0.349 e. The SMILES string of the molecule is Cc1cccc(Nc2c(C#N)cccc2[N+](=O)[O-])c1.N#Cc1cccc([N+](=O)[O-])c1F. The molecule has 9 nitrogen and oxygen atoms in total. The van der Waals surface area contributed by atoms with E-state index in [1.54, 1.807) is 12.1 Å². The smallest absolute Gasteiger partial charge is 0.306 e. The molecule has 0 aliphatic rings. The van der Waals surface area contributed by atoms with Crippen LogP contribution in [0.4, 0.5) is 27.1 Å². The normalized spacial score (nSPS) is 9.42. The molecule has 0 saturated heterocycles. The first kappa shape index (κ1) is 22.5. The van der Waals surface area contributed by atoms with Gasteiger partial charge < -0.3 is 5.32 Å². The average molecular weight is 419 g/mol. The Morgan fingerprint density at radius 2 is 1.42 bits per heavy atom. The monoisotopic (exact) mass is 419 g/mol. The van der Waals surface area contributed by atoms with Crippen molar-refractivity contribution in [1.82, 2.24) is 0 Å². The lowest BCUT2D eigenvalue weighted by Crippen LogP contribution is -1.99. The molecule has 0 fully saturated rings. The van der Waals surface area contributed by atoms with Gasteiger partial charge in [0.05, 0.1) is 21.0 Å². The van der Waals surface area contributed by atoms with E-state index in [0.717, 1.165) is 11.6 Å². The molecule has 0 aliphatic heterocycles. The number of hydrogen-bond acceptors (Lipinski definition) is 7. The summed E-state index contributed by atoms with van der Waals surface area (Å²) in [5.74, 6) is -1.08. The molecule has 0 amide bonds. The van der Waals surface area contributed by atoms with Crippen molar-refractivity contribution in [3.8, 4) is 12.1 Å². The van der Waals surface area contributed by atoms with Gasteiger partial charge >= 0.3 is 5.69 Å². The molecule has 0 aromatic heterocycles. The van der Waals surface area contributed by atoms with Crippen LogP contribution < -0.4 is 5.32 Å². The van der Waals surface area contributed by atoms with Crippen molar-refractivity contribution in [3.05, 3.63) is 103 Å². The molecule has 1 N–H and O–H groups in total. The third kappa shape index (κ3) is 5.59. The molecule has 0 spiro atoms. The highest BCUT2D eigenvalue weighted by Crippen LogP contribution is 2.31. The van der Waals surface area contributed by atoms with Crippen LogP contribution in [-0.4, -0.2) is 9.85 Å². The number of rotatable bonds is 4. The van der Waals surface area contributed by atoms with E-state index < -0.39 is 21.4 Å². The van der Waals surface area contributed by atoms with Gasteiger partial charge in [-0.1, -0.05) is 24.3 Å². The highest BCUT2D eigenvalue weighted by molar-refractivity contribution is 5.75. The Morgan fingerprint density at radius 3 is 1.97 bits per heavy atom. The lowest BCUT2D eigenvalue weighted by molar-refractivity contribution is -0.387. The first-order valence-electron chi connectivity index (χ1n) is 8.62. The van der Waals surface area contributed by atoms with Gasteiger partial charge in [0.15, 0.2) is 0 Å². The molecule has 0 unspecified atom stereocenters. The van der Waals surface area contributed by atoms with Crippen LogP contribution in [0.15, 0.2) is 60.7 Å². The van der Waals surface area contributed by atoms with Crippen LogP contribution in [-0.2, 0) is 0 Å². The highest BCUT2D eigenvalue weighted by atomic mass is 19.1. The zero-order valence-electron chi connectivity index (χ0n) is 16.1. The maximum atomic E-state index is 12.9. The van der Waals surface area contributed by atoms with Crippen LogP contribution in [0.1, 0.15) is 16.7 Å². The molecule has 3 aromatic carbocycles. The Morgan fingerprint density at radius 1 is 0.871 bits per heavy atom. The third-order valence-electron chi connectivity index (χ3n) is 3.94. The van der Waals surface area contributed by atoms with Gasteiger partial charge in [-0.15, -0.1) is 0 Å². The number of nitrogens with one attached hydrogen (secondary N) is 1. The third-order valence-corrected chi connectivity index (χ3v) is 3.94. The first-order chi connectivity index (χ1) is 14.8. The number of anilines is 2. The summed E-state index contributed by atoms with van der Waals surface area (Å²) in [5, 5.41) is 41.5. The highest BCUT2D eigenvalue weighted by Gasteiger charge is 2.18. The molecule has 0 bridgehead atoms. The summed E-state index contributed by atoms with van der Waals surface area (Å²) in [7, 11) is 0. The average Bonchev–Trinajstić information content (AvgIpc) is 2.74. The van der Waals surface area contributed by atoms with Crippen LogP contribution in [0.2, 0.25) is 0 Å². The topological polar surface area (TPSA) is 146 Å². The zero-order valence-corrected chi connectivity index (χ0v) is 16.1. The summed E-state index contributed by atoms with van der Waals surface area (Å²) < 4.78 is 12.9. The minimum absolute atomic E-state index is 0.111. The number of nitro groups is 2. The Balaban J connectivity index is 0.000000245. The fourth-order valence-corrected chi connectivity index (χ4v) is 2.53. The van der Waals surface area contributed by atoms with Gasteiger partial charge in [0.25, 0.3) is 5.69 Å². The van der Waals surface area contributed by atoms with E-state index in [-0.39, 0.29) is 22.5 Å². The van der Waals surface area contributed by atoms with E-state index in [4.69, 9.17) is 10.5 Å². The number of nitro benzene ring substituents is 2. The Bertz CT molecular complexity index is 1230.